The van der Waals surface area contributed by atoms with E-state index in [4.69, 9.17) is 23.7 Å². The van der Waals surface area contributed by atoms with E-state index in [9.17, 15) is 4.79 Å². The normalized spacial score (nSPS) is 15.6. The number of ether oxygens (including phenoxy) is 5. The highest BCUT2D eigenvalue weighted by Gasteiger charge is 2.27. The summed E-state index contributed by atoms with van der Waals surface area (Å²) in [6.07, 6.45) is -0.786. The molecule has 0 saturated carbocycles. The van der Waals surface area contributed by atoms with Crippen molar-refractivity contribution in [2.24, 2.45) is 5.10 Å². The SMILES string of the molecule is COc1cc(/C(C)=N/NC(=O)C2COc3ccccc3O2)cc(OC)c1OC. The van der Waals surface area contributed by atoms with Crippen LogP contribution in [0.25, 0.3) is 0 Å². The van der Waals surface area contributed by atoms with Gasteiger partial charge < -0.3 is 23.7 Å². The molecule has 1 aliphatic rings. The molecule has 0 radical (unpaired) electrons. The highest BCUT2D eigenvalue weighted by molar-refractivity contribution is 6.00. The predicted molar refractivity (Wildman–Crippen MR) is 103 cm³/mol. The zero-order chi connectivity index (χ0) is 20.1. The first-order chi connectivity index (χ1) is 13.6. The van der Waals surface area contributed by atoms with Gasteiger partial charge in [0.25, 0.3) is 5.91 Å². The molecule has 1 atom stereocenters. The van der Waals surface area contributed by atoms with E-state index in [2.05, 4.69) is 10.5 Å². The topological polar surface area (TPSA) is 87.6 Å². The van der Waals surface area contributed by atoms with Gasteiger partial charge in [-0.3, -0.25) is 4.79 Å². The van der Waals surface area contributed by atoms with E-state index in [1.54, 1.807) is 31.2 Å². The standard InChI is InChI=1S/C20H22N2O6/c1-12(13-9-16(24-2)19(26-4)17(10-13)25-3)21-22-20(23)18-11-27-14-7-5-6-8-15(14)28-18/h5-10,18H,11H2,1-4H3,(H,22,23)/b21-12+. The molecule has 0 aliphatic carbocycles. The summed E-state index contributed by atoms with van der Waals surface area (Å²) in [4.78, 5) is 12.4. The third kappa shape index (κ3) is 3.95. The van der Waals surface area contributed by atoms with Crippen LogP contribution in [0.4, 0.5) is 0 Å². The first-order valence-corrected chi connectivity index (χ1v) is 8.60. The Morgan fingerprint density at radius 2 is 1.71 bits per heavy atom. The van der Waals surface area contributed by atoms with Gasteiger partial charge in [-0.25, -0.2) is 5.43 Å². The second-order valence-electron chi connectivity index (χ2n) is 5.95. The number of methoxy groups -OCH3 is 3. The van der Waals surface area contributed by atoms with Crippen LogP contribution in [0.5, 0.6) is 28.7 Å². The molecule has 1 heterocycles. The fourth-order valence-corrected chi connectivity index (χ4v) is 2.71. The largest absolute Gasteiger partial charge is 0.493 e. The summed E-state index contributed by atoms with van der Waals surface area (Å²) in [5.74, 6) is 2.22. The van der Waals surface area contributed by atoms with Crippen molar-refractivity contribution < 1.29 is 28.5 Å². The molecular formula is C20H22N2O6. The van der Waals surface area contributed by atoms with Gasteiger partial charge in [-0.05, 0) is 31.2 Å². The summed E-state index contributed by atoms with van der Waals surface area (Å²) in [5.41, 5.74) is 3.79. The maximum absolute atomic E-state index is 12.4. The molecule has 0 fully saturated rings. The number of nitrogens with zero attached hydrogens (tertiary/aromatic N) is 1. The maximum Gasteiger partial charge on any atom is 0.284 e. The number of carbonyl (C=O) groups excluding carboxylic acids is 1. The van der Waals surface area contributed by atoms with Crippen molar-refractivity contribution >= 4 is 11.6 Å². The van der Waals surface area contributed by atoms with E-state index in [-0.39, 0.29) is 6.61 Å². The van der Waals surface area contributed by atoms with Gasteiger partial charge in [0.05, 0.1) is 27.0 Å². The van der Waals surface area contributed by atoms with Crippen LogP contribution in [-0.2, 0) is 4.79 Å². The molecule has 8 heteroatoms. The molecule has 0 aromatic heterocycles. The summed E-state index contributed by atoms with van der Waals surface area (Å²) in [6.45, 7) is 1.87. The molecular weight excluding hydrogens is 364 g/mol. The zero-order valence-electron chi connectivity index (χ0n) is 16.1. The van der Waals surface area contributed by atoms with Gasteiger partial charge in [0.15, 0.2) is 23.0 Å². The molecule has 1 N–H and O–H groups in total. The fraction of sp³-hybridized carbons (Fsp3) is 0.300. The number of fused-ring (bicyclic) bond motifs is 1. The number of hydrazone groups is 1. The van der Waals surface area contributed by atoms with Crippen molar-refractivity contribution in [2.45, 2.75) is 13.0 Å². The minimum atomic E-state index is -0.786. The Morgan fingerprint density at radius 1 is 1.07 bits per heavy atom. The molecule has 28 heavy (non-hydrogen) atoms. The number of para-hydroxylation sites is 2. The van der Waals surface area contributed by atoms with Crippen LogP contribution in [0.1, 0.15) is 12.5 Å². The number of hydrogen-bond acceptors (Lipinski definition) is 7. The fourth-order valence-electron chi connectivity index (χ4n) is 2.71. The molecule has 2 aromatic carbocycles. The maximum atomic E-state index is 12.4. The summed E-state index contributed by atoms with van der Waals surface area (Å²) < 4.78 is 27.2. The minimum absolute atomic E-state index is 0.113. The molecule has 1 unspecified atom stereocenters. The minimum Gasteiger partial charge on any atom is -0.493 e. The summed E-state index contributed by atoms with van der Waals surface area (Å²) >= 11 is 0. The summed E-state index contributed by atoms with van der Waals surface area (Å²) in [5, 5.41) is 4.16. The number of nitrogens with one attached hydrogen (secondary N) is 1. The second-order valence-corrected chi connectivity index (χ2v) is 5.95. The van der Waals surface area contributed by atoms with E-state index in [1.807, 2.05) is 12.1 Å². The highest BCUT2D eigenvalue weighted by Crippen LogP contribution is 2.38. The van der Waals surface area contributed by atoms with Gasteiger partial charge in [0.2, 0.25) is 11.9 Å². The molecule has 8 nitrogen and oxygen atoms in total. The Labute approximate surface area is 163 Å². The molecule has 1 aliphatic heterocycles. The molecule has 148 valence electrons. The monoisotopic (exact) mass is 386 g/mol. The van der Waals surface area contributed by atoms with Crippen LogP contribution in [-0.4, -0.2) is 45.7 Å². The van der Waals surface area contributed by atoms with E-state index in [1.165, 1.54) is 21.3 Å². The van der Waals surface area contributed by atoms with Gasteiger partial charge in [-0.15, -0.1) is 0 Å². The lowest BCUT2D eigenvalue weighted by Crippen LogP contribution is -2.42. The Balaban J connectivity index is 1.73. The van der Waals surface area contributed by atoms with Crippen LogP contribution in [0.15, 0.2) is 41.5 Å². The number of benzene rings is 2. The van der Waals surface area contributed by atoms with Crippen molar-refractivity contribution in [3.63, 3.8) is 0 Å². The number of amides is 1. The van der Waals surface area contributed by atoms with Crippen LogP contribution in [0.3, 0.4) is 0 Å². The Hall–Kier alpha value is -3.42. The average Bonchev–Trinajstić information content (AvgIpc) is 2.75. The average molecular weight is 386 g/mol. The third-order valence-corrected chi connectivity index (χ3v) is 4.22. The molecule has 0 saturated heterocycles. The number of carbonyl (C=O) groups is 1. The third-order valence-electron chi connectivity index (χ3n) is 4.22. The lowest BCUT2D eigenvalue weighted by atomic mass is 10.1. The molecule has 0 bridgehead atoms. The molecule has 3 rings (SSSR count). The van der Waals surface area contributed by atoms with Crippen LogP contribution in [0, 0.1) is 0 Å². The van der Waals surface area contributed by atoms with Gasteiger partial charge in [-0.2, -0.15) is 5.10 Å². The lowest BCUT2D eigenvalue weighted by molar-refractivity contribution is -0.130. The number of rotatable bonds is 6. The van der Waals surface area contributed by atoms with Gasteiger partial charge in [0.1, 0.15) is 6.61 Å². The predicted octanol–water partition coefficient (Wildman–Crippen LogP) is 2.39. The Morgan fingerprint density at radius 3 is 2.32 bits per heavy atom. The molecule has 2 aromatic rings. The summed E-state index contributed by atoms with van der Waals surface area (Å²) in [6, 6.07) is 10.7. The Bertz CT molecular complexity index is 871. The second kappa shape index (κ2) is 8.51. The van der Waals surface area contributed by atoms with Crippen molar-refractivity contribution in [3.8, 4) is 28.7 Å². The van der Waals surface area contributed by atoms with Crippen LogP contribution < -0.4 is 29.1 Å². The first kappa shape index (κ1) is 19.3. The molecule has 1 amide bonds. The lowest BCUT2D eigenvalue weighted by Gasteiger charge is -2.24. The van der Waals surface area contributed by atoms with Crippen LogP contribution >= 0.6 is 0 Å². The van der Waals surface area contributed by atoms with E-state index < -0.39 is 12.0 Å². The highest BCUT2D eigenvalue weighted by atomic mass is 16.6. The van der Waals surface area contributed by atoms with E-state index in [0.29, 0.717) is 40.0 Å². The zero-order valence-corrected chi connectivity index (χ0v) is 16.1. The van der Waals surface area contributed by atoms with Gasteiger partial charge in [0, 0.05) is 5.56 Å². The quantitative estimate of drug-likeness (QED) is 0.606. The van der Waals surface area contributed by atoms with Crippen molar-refractivity contribution in [3.05, 3.63) is 42.0 Å². The molecule has 0 spiro atoms. The summed E-state index contributed by atoms with van der Waals surface area (Å²) in [7, 11) is 4.60. The van der Waals surface area contributed by atoms with Crippen LogP contribution in [0.2, 0.25) is 0 Å². The Kier molecular flexibility index (Phi) is 5.88. The van der Waals surface area contributed by atoms with Gasteiger partial charge >= 0.3 is 0 Å². The number of hydrogen-bond donors (Lipinski definition) is 1. The first-order valence-electron chi connectivity index (χ1n) is 8.60. The van der Waals surface area contributed by atoms with Crippen molar-refractivity contribution in [1.29, 1.82) is 0 Å². The van der Waals surface area contributed by atoms with E-state index in [0.717, 1.165) is 0 Å². The van der Waals surface area contributed by atoms with Gasteiger partial charge in [-0.1, -0.05) is 12.1 Å². The van der Waals surface area contributed by atoms with E-state index >= 15 is 0 Å². The van der Waals surface area contributed by atoms with Crippen molar-refractivity contribution in [1.82, 2.24) is 5.43 Å². The van der Waals surface area contributed by atoms with Crippen molar-refractivity contribution in [2.75, 3.05) is 27.9 Å². The smallest absolute Gasteiger partial charge is 0.284 e.